The van der Waals surface area contributed by atoms with Gasteiger partial charge < -0.3 is 10.2 Å². The Labute approximate surface area is 107 Å². The van der Waals surface area contributed by atoms with Gasteiger partial charge in [0.15, 0.2) is 0 Å². The number of thiophene rings is 1. The predicted molar refractivity (Wildman–Crippen MR) is 71.6 cm³/mol. The SMILES string of the molecule is Cc1cscc1C(=O)NCC1CCCN(C)C1. The molecule has 2 rings (SSSR count). The van der Waals surface area contributed by atoms with Gasteiger partial charge >= 0.3 is 0 Å². The Kier molecular flexibility index (Phi) is 4.18. The van der Waals surface area contributed by atoms with Crippen molar-refractivity contribution >= 4 is 17.2 Å². The van der Waals surface area contributed by atoms with Gasteiger partial charge in [-0.15, -0.1) is 0 Å². The molecule has 1 aromatic heterocycles. The van der Waals surface area contributed by atoms with Crippen molar-refractivity contribution in [3.8, 4) is 0 Å². The maximum atomic E-state index is 11.9. The molecule has 17 heavy (non-hydrogen) atoms. The lowest BCUT2D eigenvalue weighted by atomic mass is 9.98. The zero-order chi connectivity index (χ0) is 12.3. The molecular weight excluding hydrogens is 232 g/mol. The maximum absolute atomic E-state index is 11.9. The van der Waals surface area contributed by atoms with Crippen LogP contribution in [0.5, 0.6) is 0 Å². The minimum atomic E-state index is 0.0805. The van der Waals surface area contributed by atoms with E-state index in [-0.39, 0.29) is 5.91 Å². The Morgan fingerprint density at radius 3 is 3.06 bits per heavy atom. The van der Waals surface area contributed by atoms with Crippen molar-refractivity contribution in [1.82, 2.24) is 10.2 Å². The molecule has 1 saturated heterocycles. The minimum Gasteiger partial charge on any atom is -0.352 e. The summed E-state index contributed by atoms with van der Waals surface area (Å²) in [6, 6.07) is 0. The van der Waals surface area contributed by atoms with Gasteiger partial charge in [0, 0.05) is 18.5 Å². The number of nitrogens with one attached hydrogen (secondary N) is 1. The third kappa shape index (κ3) is 3.30. The standard InChI is InChI=1S/C13H20N2OS/c1-10-8-17-9-12(10)13(16)14-6-11-4-3-5-15(2)7-11/h8-9,11H,3-7H2,1-2H3,(H,14,16). The van der Waals surface area contributed by atoms with E-state index in [4.69, 9.17) is 0 Å². The van der Waals surface area contributed by atoms with Crippen molar-refractivity contribution in [2.24, 2.45) is 5.92 Å². The summed E-state index contributed by atoms with van der Waals surface area (Å²) in [5, 5.41) is 7.00. The van der Waals surface area contributed by atoms with Crippen LogP contribution in [-0.2, 0) is 0 Å². The Hall–Kier alpha value is -0.870. The number of likely N-dealkylation sites (tertiary alicyclic amines) is 1. The number of aryl methyl sites for hydroxylation is 1. The Morgan fingerprint density at radius 1 is 1.59 bits per heavy atom. The molecule has 0 spiro atoms. The molecule has 1 aliphatic rings. The second kappa shape index (κ2) is 5.65. The second-order valence-electron chi connectivity index (χ2n) is 4.95. The number of hydrogen-bond donors (Lipinski definition) is 1. The predicted octanol–water partition coefficient (Wildman–Crippen LogP) is 2.13. The van der Waals surface area contributed by atoms with Crippen LogP contribution >= 0.6 is 11.3 Å². The number of amides is 1. The van der Waals surface area contributed by atoms with Crippen molar-refractivity contribution in [2.75, 3.05) is 26.7 Å². The van der Waals surface area contributed by atoms with Crippen molar-refractivity contribution in [3.05, 3.63) is 21.9 Å². The van der Waals surface area contributed by atoms with Gasteiger partial charge in [0.25, 0.3) is 5.91 Å². The van der Waals surface area contributed by atoms with Crippen LogP contribution in [0.4, 0.5) is 0 Å². The average Bonchev–Trinajstić information content (AvgIpc) is 2.72. The maximum Gasteiger partial charge on any atom is 0.252 e. The summed E-state index contributed by atoms with van der Waals surface area (Å²) in [6.45, 7) is 5.08. The lowest BCUT2D eigenvalue weighted by Crippen LogP contribution is -2.39. The third-order valence-electron chi connectivity index (χ3n) is 3.37. The normalized spacial score (nSPS) is 21.4. The second-order valence-corrected chi connectivity index (χ2v) is 5.69. The molecule has 0 aliphatic carbocycles. The molecule has 1 N–H and O–H groups in total. The minimum absolute atomic E-state index is 0.0805. The van der Waals surface area contributed by atoms with E-state index in [1.807, 2.05) is 17.7 Å². The lowest BCUT2D eigenvalue weighted by molar-refractivity contribution is 0.0936. The Bertz CT molecular complexity index is 389. The zero-order valence-corrected chi connectivity index (χ0v) is 11.3. The molecule has 1 unspecified atom stereocenters. The van der Waals surface area contributed by atoms with Crippen LogP contribution in [0.3, 0.4) is 0 Å². The number of hydrogen-bond acceptors (Lipinski definition) is 3. The summed E-state index contributed by atoms with van der Waals surface area (Å²) in [4.78, 5) is 14.3. The number of carbonyl (C=O) groups is 1. The molecule has 4 heteroatoms. The fourth-order valence-corrected chi connectivity index (χ4v) is 3.19. The van der Waals surface area contributed by atoms with Gasteiger partial charge in [0.05, 0.1) is 5.56 Å². The first-order valence-corrected chi connectivity index (χ1v) is 7.10. The van der Waals surface area contributed by atoms with E-state index in [1.54, 1.807) is 11.3 Å². The molecule has 0 saturated carbocycles. The van der Waals surface area contributed by atoms with Crippen LogP contribution in [0.15, 0.2) is 10.8 Å². The van der Waals surface area contributed by atoms with Crippen LogP contribution in [-0.4, -0.2) is 37.5 Å². The van der Waals surface area contributed by atoms with E-state index in [1.165, 1.54) is 19.4 Å². The Balaban J connectivity index is 1.82. The highest BCUT2D eigenvalue weighted by Gasteiger charge is 2.18. The van der Waals surface area contributed by atoms with Crippen molar-refractivity contribution in [3.63, 3.8) is 0 Å². The lowest BCUT2D eigenvalue weighted by Gasteiger charge is -2.29. The van der Waals surface area contributed by atoms with Gasteiger partial charge in [0.2, 0.25) is 0 Å². The molecule has 1 amide bonds. The smallest absolute Gasteiger partial charge is 0.252 e. The van der Waals surface area contributed by atoms with E-state index < -0.39 is 0 Å². The Morgan fingerprint density at radius 2 is 2.41 bits per heavy atom. The third-order valence-corrected chi connectivity index (χ3v) is 4.23. The van der Waals surface area contributed by atoms with Crippen LogP contribution in [0, 0.1) is 12.8 Å². The summed E-state index contributed by atoms with van der Waals surface area (Å²) in [6.07, 6.45) is 2.47. The van der Waals surface area contributed by atoms with Gasteiger partial charge in [-0.25, -0.2) is 0 Å². The van der Waals surface area contributed by atoms with E-state index in [0.717, 1.165) is 24.2 Å². The van der Waals surface area contributed by atoms with E-state index in [0.29, 0.717) is 5.92 Å². The molecule has 1 aromatic rings. The molecule has 0 radical (unpaired) electrons. The van der Waals surface area contributed by atoms with Crippen LogP contribution < -0.4 is 5.32 Å². The molecule has 0 bridgehead atoms. The van der Waals surface area contributed by atoms with Crippen LogP contribution in [0.1, 0.15) is 28.8 Å². The largest absolute Gasteiger partial charge is 0.352 e. The van der Waals surface area contributed by atoms with Crippen molar-refractivity contribution in [1.29, 1.82) is 0 Å². The number of carbonyl (C=O) groups excluding carboxylic acids is 1. The number of nitrogens with zero attached hydrogens (tertiary/aromatic N) is 1. The molecule has 1 aliphatic heterocycles. The van der Waals surface area contributed by atoms with Gasteiger partial charge in [-0.1, -0.05) is 0 Å². The fraction of sp³-hybridized carbons (Fsp3) is 0.615. The molecule has 3 nitrogen and oxygen atoms in total. The summed E-state index contributed by atoms with van der Waals surface area (Å²) < 4.78 is 0. The average molecular weight is 252 g/mol. The highest BCUT2D eigenvalue weighted by atomic mass is 32.1. The summed E-state index contributed by atoms with van der Waals surface area (Å²) in [7, 11) is 2.15. The zero-order valence-electron chi connectivity index (χ0n) is 10.5. The monoisotopic (exact) mass is 252 g/mol. The molecule has 94 valence electrons. The van der Waals surface area contributed by atoms with Gasteiger partial charge in [-0.2, -0.15) is 11.3 Å². The summed E-state index contributed by atoms with van der Waals surface area (Å²) in [5.74, 6) is 0.689. The van der Waals surface area contributed by atoms with Crippen LogP contribution in [0.25, 0.3) is 0 Å². The first-order valence-electron chi connectivity index (χ1n) is 6.16. The van der Waals surface area contributed by atoms with Crippen LogP contribution in [0.2, 0.25) is 0 Å². The molecule has 1 atom stereocenters. The first kappa shape index (κ1) is 12.6. The van der Waals surface area contributed by atoms with Crippen molar-refractivity contribution in [2.45, 2.75) is 19.8 Å². The van der Waals surface area contributed by atoms with Gasteiger partial charge in [0.1, 0.15) is 0 Å². The van der Waals surface area contributed by atoms with E-state index in [9.17, 15) is 4.79 Å². The highest BCUT2D eigenvalue weighted by Crippen LogP contribution is 2.16. The molecule has 2 heterocycles. The van der Waals surface area contributed by atoms with E-state index in [2.05, 4.69) is 17.3 Å². The molecule has 0 aromatic carbocycles. The first-order chi connectivity index (χ1) is 8.16. The van der Waals surface area contributed by atoms with E-state index >= 15 is 0 Å². The summed E-state index contributed by atoms with van der Waals surface area (Å²) in [5.41, 5.74) is 1.91. The quantitative estimate of drug-likeness (QED) is 0.894. The number of piperidine rings is 1. The highest BCUT2D eigenvalue weighted by molar-refractivity contribution is 7.08. The molecular formula is C13H20N2OS. The molecule has 1 fully saturated rings. The van der Waals surface area contributed by atoms with Crippen molar-refractivity contribution < 1.29 is 4.79 Å². The topological polar surface area (TPSA) is 32.3 Å². The fourth-order valence-electron chi connectivity index (χ4n) is 2.37. The number of rotatable bonds is 3. The summed E-state index contributed by atoms with van der Waals surface area (Å²) >= 11 is 1.59. The van der Waals surface area contributed by atoms with Gasteiger partial charge in [-0.05, 0) is 50.2 Å². The van der Waals surface area contributed by atoms with Gasteiger partial charge in [-0.3, -0.25) is 4.79 Å².